The fourth-order valence-electron chi connectivity index (χ4n) is 1.78. The van der Waals surface area contributed by atoms with Crippen molar-refractivity contribution in [3.05, 3.63) is 62.7 Å². The Kier molecular flexibility index (Phi) is 4.92. The van der Waals surface area contributed by atoms with E-state index in [1.807, 2.05) is 0 Å². The molecule has 0 amide bonds. The van der Waals surface area contributed by atoms with Crippen molar-refractivity contribution in [3.8, 4) is 5.75 Å². The summed E-state index contributed by atoms with van der Waals surface area (Å²) in [6, 6.07) is 8.40. The molecule has 2 aromatic carbocycles. The topological polar surface area (TPSA) is 105 Å². The molecule has 0 fully saturated rings. The van der Waals surface area contributed by atoms with E-state index in [2.05, 4.69) is 9.73 Å². The fourth-order valence-corrected chi connectivity index (χ4v) is 2.00. The van der Waals surface area contributed by atoms with Gasteiger partial charge in [-0.25, -0.2) is 4.79 Å². The predicted molar refractivity (Wildman–Crippen MR) is 82.6 cm³/mol. The molecule has 0 aliphatic heterocycles. The summed E-state index contributed by atoms with van der Waals surface area (Å²) in [5.41, 5.74) is 0.204. The summed E-state index contributed by atoms with van der Waals surface area (Å²) in [5, 5.41) is 22.8. The highest BCUT2D eigenvalue weighted by molar-refractivity contribution is 6.31. The summed E-state index contributed by atoms with van der Waals surface area (Å²) in [6.45, 7) is 0. The van der Waals surface area contributed by atoms with Gasteiger partial charge in [0.1, 0.15) is 0 Å². The van der Waals surface area contributed by atoms with Crippen molar-refractivity contribution in [1.82, 2.24) is 0 Å². The lowest BCUT2D eigenvalue weighted by molar-refractivity contribution is -0.398. The number of nitro benzene ring substituents is 1. The molecular weight excluding hydrogens is 324 g/mol. The van der Waals surface area contributed by atoms with E-state index >= 15 is 0 Å². The lowest BCUT2D eigenvalue weighted by atomic mass is 10.2. The van der Waals surface area contributed by atoms with Crippen LogP contribution in [0.1, 0.15) is 15.9 Å². The number of benzene rings is 2. The van der Waals surface area contributed by atoms with Crippen LogP contribution in [-0.4, -0.2) is 24.2 Å². The van der Waals surface area contributed by atoms with Gasteiger partial charge in [-0.05, 0) is 41.6 Å². The molecular formula is C15H10ClN2O5-. The molecule has 118 valence electrons. The number of hydrogen-bond donors (Lipinski definition) is 0. The minimum atomic E-state index is -0.795. The summed E-state index contributed by atoms with van der Waals surface area (Å²) in [4.78, 5) is 25.3. The molecule has 0 bridgehead atoms. The van der Waals surface area contributed by atoms with Crippen molar-refractivity contribution in [2.45, 2.75) is 0 Å². The molecule has 0 spiro atoms. The average Bonchev–Trinajstić information content (AvgIpc) is 2.54. The summed E-state index contributed by atoms with van der Waals surface area (Å²) >= 11 is 5.76. The smallest absolute Gasteiger partial charge is 0.337 e. The second-order valence-corrected chi connectivity index (χ2v) is 4.83. The molecule has 0 saturated carbocycles. The monoisotopic (exact) mass is 333 g/mol. The second kappa shape index (κ2) is 6.89. The van der Waals surface area contributed by atoms with E-state index < -0.39 is 22.3 Å². The predicted octanol–water partition coefficient (Wildman–Crippen LogP) is 2.86. The van der Waals surface area contributed by atoms with Gasteiger partial charge in [0.25, 0.3) is 5.69 Å². The van der Waals surface area contributed by atoms with Gasteiger partial charge in [0.05, 0.1) is 23.3 Å². The molecule has 2 rings (SSSR count). The summed E-state index contributed by atoms with van der Waals surface area (Å²) in [7, 11) is 1.27. The fraction of sp³-hybridized carbons (Fsp3) is 0.0667. The molecule has 8 heteroatoms. The van der Waals surface area contributed by atoms with Gasteiger partial charge >= 0.3 is 5.97 Å². The van der Waals surface area contributed by atoms with E-state index in [-0.39, 0.29) is 10.6 Å². The normalized spacial score (nSPS) is 10.7. The third kappa shape index (κ3) is 3.83. The van der Waals surface area contributed by atoms with Crippen LogP contribution in [-0.2, 0) is 4.74 Å². The molecule has 0 radical (unpaired) electrons. The number of halogens is 1. The van der Waals surface area contributed by atoms with E-state index in [4.69, 9.17) is 11.6 Å². The van der Waals surface area contributed by atoms with Gasteiger partial charge in [0, 0.05) is 17.3 Å². The maximum Gasteiger partial charge on any atom is 0.337 e. The number of carbonyl (C=O) groups is 1. The number of hydrogen-bond acceptors (Lipinski definition) is 6. The van der Waals surface area contributed by atoms with E-state index in [0.29, 0.717) is 11.3 Å². The van der Waals surface area contributed by atoms with Crippen LogP contribution < -0.4 is 5.11 Å². The van der Waals surface area contributed by atoms with Crippen molar-refractivity contribution in [1.29, 1.82) is 0 Å². The largest absolute Gasteiger partial charge is 0.867 e. The third-order valence-electron chi connectivity index (χ3n) is 2.90. The van der Waals surface area contributed by atoms with Crippen LogP contribution in [0, 0.1) is 10.1 Å². The zero-order valence-corrected chi connectivity index (χ0v) is 12.6. The zero-order chi connectivity index (χ0) is 17.0. The maximum atomic E-state index is 11.9. The Morgan fingerprint density at radius 3 is 2.52 bits per heavy atom. The van der Waals surface area contributed by atoms with Gasteiger partial charge in [0.15, 0.2) is 0 Å². The van der Waals surface area contributed by atoms with Crippen LogP contribution in [0.5, 0.6) is 5.75 Å². The first-order chi connectivity index (χ1) is 10.9. The van der Waals surface area contributed by atoms with Gasteiger partial charge in [-0.2, -0.15) is 0 Å². The summed E-state index contributed by atoms with van der Waals surface area (Å²) in [5.74, 6) is -1.25. The highest BCUT2D eigenvalue weighted by Gasteiger charge is 2.11. The third-order valence-corrected chi connectivity index (χ3v) is 3.12. The van der Waals surface area contributed by atoms with Gasteiger partial charge in [-0.15, -0.1) is 0 Å². The van der Waals surface area contributed by atoms with Crippen LogP contribution in [0.2, 0.25) is 5.02 Å². The Balaban J connectivity index is 2.30. The van der Waals surface area contributed by atoms with E-state index in [1.165, 1.54) is 31.5 Å². The Morgan fingerprint density at radius 1 is 1.30 bits per heavy atom. The number of nitro groups is 1. The Hall–Kier alpha value is -2.93. The maximum absolute atomic E-state index is 11.9. The molecule has 0 aliphatic carbocycles. The van der Waals surface area contributed by atoms with Gasteiger partial charge in [-0.3, -0.25) is 15.1 Å². The van der Waals surface area contributed by atoms with Crippen LogP contribution in [0.15, 0.2) is 41.4 Å². The van der Waals surface area contributed by atoms with Crippen LogP contribution in [0.25, 0.3) is 0 Å². The number of methoxy groups -OCH3 is 1. The first-order valence-corrected chi connectivity index (χ1v) is 6.67. The molecule has 0 atom stereocenters. The Bertz CT molecular complexity index is 787. The van der Waals surface area contributed by atoms with E-state index in [0.717, 1.165) is 6.07 Å². The Morgan fingerprint density at radius 2 is 1.96 bits per heavy atom. The van der Waals surface area contributed by atoms with E-state index in [1.54, 1.807) is 12.1 Å². The zero-order valence-electron chi connectivity index (χ0n) is 11.9. The minimum absolute atomic E-state index is 0.00115. The highest BCUT2D eigenvalue weighted by atomic mass is 35.5. The molecule has 0 aromatic heterocycles. The van der Waals surface area contributed by atoms with Crippen molar-refractivity contribution in [2.24, 2.45) is 4.99 Å². The molecule has 7 nitrogen and oxygen atoms in total. The van der Waals surface area contributed by atoms with Crippen molar-refractivity contribution in [3.63, 3.8) is 0 Å². The SMILES string of the molecule is COC(=O)c1ccc(N=Cc2cc(Cl)cc([N+](=O)[O-])c2[O-])cc1. The van der Waals surface area contributed by atoms with Crippen LogP contribution in [0.4, 0.5) is 11.4 Å². The molecule has 0 saturated heterocycles. The number of carbonyl (C=O) groups excluding carboxylic acids is 1. The molecule has 23 heavy (non-hydrogen) atoms. The Labute approximate surface area is 136 Å². The molecule has 0 aliphatic rings. The molecule has 0 heterocycles. The van der Waals surface area contributed by atoms with Crippen molar-refractivity contribution >= 4 is 35.2 Å². The van der Waals surface area contributed by atoms with Crippen molar-refractivity contribution < 1.29 is 19.6 Å². The van der Waals surface area contributed by atoms with E-state index in [9.17, 15) is 20.0 Å². The molecule has 0 unspecified atom stereocenters. The number of rotatable bonds is 4. The first kappa shape index (κ1) is 16.4. The number of ether oxygens (including phenoxy) is 1. The lowest BCUT2D eigenvalue weighted by Crippen LogP contribution is -2.02. The highest BCUT2D eigenvalue weighted by Crippen LogP contribution is 2.30. The number of nitrogens with zero attached hydrogens (tertiary/aromatic N) is 2. The molecule has 0 N–H and O–H groups in total. The van der Waals surface area contributed by atoms with Crippen LogP contribution in [0.3, 0.4) is 0 Å². The number of esters is 1. The summed E-state index contributed by atoms with van der Waals surface area (Å²) < 4.78 is 4.57. The van der Waals surface area contributed by atoms with Gasteiger partial charge in [0.2, 0.25) is 0 Å². The van der Waals surface area contributed by atoms with Crippen molar-refractivity contribution in [2.75, 3.05) is 7.11 Å². The standard InChI is InChI=1S/C15H11ClN2O5/c1-23-15(20)9-2-4-12(5-3-9)17-8-10-6-11(16)7-13(14(10)19)18(21)22/h2-8,19H,1H3/p-1. The number of aliphatic imine (C=N–C) groups is 1. The quantitative estimate of drug-likeness (QED) is 0.370. The average molecular weight is 334 g/mol. The minimum Gasteiger partial charge on any atom is -0.867 e. The van der Waals surface area contributed by atoms with Gasteiger partial charge < -0.3 is 9.84 Å². The summed E-state index contributed by atoms with van der Waals surface area (Å²) in [6.07, 6.45) is 1.19. The second-order valence-electron chi connectivity index (χ2n) is 4.40. The van der Waals surface area contributed by atoms with Crippen LogP contribution >= 0.6 is 11.6 Å². The first-order valence-electron chi connectivity index (χ1n) is 6.29. The lowest BCUT2D eigenvalue weighted by Gasteiger charge is -2.10. The van der Waals surface area contributed by atoms with Gasteiger partial charge in [-0.1, -0.05) is 11.6 Å². The molecule has 2 aromatic rings.